The van der Waals surface area contributed by atoms with Crippen LogP contribution in [-0.4, -0.2) is 10.9 Å². The molecule has 1 heterocycles. The van der Waals surface area contributed by atoms with E-state index in [1.807, 2.05) is 38.1 Å². The van der Waals surface area contributed by atoms with Crippen molar-refractivity contribution in [1.29, 1.82) is 0 Å². The maximum atomic E-state index is 11.1. The first-order chi connectivity index (χ1) is 9.47. The Hall–Kier alpha value is -2.56. The Kier molecular flexibility index (Phi) is 3.89. The molecule has 0 aliphatic carbocycles. The normalized spacial score (nSPS) is 11.9. The van der Waals surface area contributed by atoms with Gasteiger partial charge in [0.1, 0.15) is 5.69 Å². The van der Waals surface area contributed by atoms with Crippen molar-refractivity contribution in [3.8, 4) is 0 Å². The molecule has 5 N–H and O–H groups in total. The fraction of sp³-hybridized carbons (Fsp3) is 0.200. The van der Waals surface area contributed by atoms with Crippen LogP contribution in [0.3, 0.4) is 0 Å². The van der Waals surface area contributed by atoms with Gasteiger partial charge in [0.15, 0.2) is 5.82 Å². The van der Waals surface area contributed by atoms with Gasteiger partial charge in [-0.1, -0.05) is 29.8 Å². The fourth-order valence-electron chi connectivity index (χ4n) is 1.87. The van der Waals surface area contributed by atoms with E-state index in [1.165, 1.54) is 11.6 Å². The molecule has 1 amide bonds. The number of benzene rings is 1. The average molecular weight is 270 g/mol. The molecule has 1 aromatic heterocycles. The monoisotopic (exact) mass is 270 g/mol. The zero-order chi connectivity index (χ0) is 14.7. The lowest BCUT2D eigenvalue weighted by Crippen LogP contribution is -2.16. The molecule has 0 saturated carbocycles. The molecule has 0 spiro atoms. The highest BCUT2D eigenvalue weighted by molar-refractivity contribution is 5.91. The highest BCUT2D eigenvalue weighted by atomic mass is 16.1. The van der Waals surface area contributed by atoms with Gasteiger partial charge < -0.3 is 16.8 Å². The van der Waals surface area contributed by atoms with Gasteiger partial charge in [-0.05, 0) is 31.5 Å². The number of rotatable bonds is 4. The van der Waals surface area contributed by atoms with Crippen LogP contribution in [0.2, 0.25) is 0 Å². The second-order valence-electron chi connectivity index (χ2n) is 4.78. The lowest BCUT2D eigenvalue weighted by molar-refractivity contribution is 0.0995. The minimum absolute atomic E-state index is 0.0218. The zero-order valence-corrected chi connectivity index (χ0v) is 11.6. The smallest absolute Gasteiger partial charge is 0.267 e. The molecular formula is C15H18N4O. The Morgan fingerprint density at radius 1 is 1.20 bits per heavy atom. The van der Waals surface area contributed by atoms with Crippen LogP contribution in [0.15, 0.2) is 36.4 Å². The Balaban J connectivity index is 2.22. The molecule has 104 valence electrons. The number of nitrogens with two attached hydrogens (primary N) is 2. The summed E-state index contributed by atoms with van der Waals surface area (Å²) in [6, 6.07) is 11.3. The largest absolute Gasteiger partial charge is 0.396 e. The fourth-order valence-corrected chi connectivity index (χ4v) is 1.87. The molecule has 0 radical (unpaired) electrons. The standard InChI is InChI=1S/C15H18N4O/c1-9-3-5-11(6-4-9)10(2)18-15-12(16)7-8-13(19-15)14(17)20/h3-8,10H,16H2,1-2H3,(H2,17,20)(H,18,19). The van der Waals surface area contributed by atoms with Gasteiger partial charge >= 0.3 is 0 Å². The first kappa shape index (κ1) is 13.9. The van der Waals surface area contributed by atoms with Gasteiger partial charge in [0, 0.05) is 0 Å². The molecule has 20 heavy (non-hydrogen) atoms. The summed E-state index contributed by atoms with van der Waals surface area (Å²) >= 11 is 0. The van der Waals surface area contributed by atoms with Crippen molar-refractivity contribution in [1.82, 2.24) is 4.98 Å². The van der Waals surface area contributed by atoms with Crippen molar-refractivity contribution in [3.05, 3.63) is 53.2 Å². The molecule has 0 aliphatic rings. The predicted molar refractivity (Wildman–Crippen MR) is 80.4 cm³/mol. The first-order valence-electron chi connectivity index (χ1n) is 6.37. The molecule has 1 aromatic carbocycles. The number of nitrogens with zero attached hydrogens (tertiary/aromatic N) is 1. The summed E-state index contributed by atoms with van der Waals surface area (Å²) in [6.45, 7) is 4.04. The number of anilines is 2. The molecule has 0 saturated heterocycles. The van der Waals surface area contributed by atoms with Crippen LogP contribution in [0.4, 0.5) is 11.5 Å². The van der Waals surface area contributed by atoms with Crippen LogP contribution in [0, 0.1) is 6.92 Å². The molecule has 0 aliphatic heterocycles. The molecule has 0 fully saturated rings. The minimum atomic E-state index is -0.573. The van der Waals surface area contributed by atoms with Crippen LogP contribution in [-0.2, 0) is 0 Å². The van der Waals surface area contributed by atoms with Gasteiger partial charge in [-0.25, -0.2) is 4.98 Å². The topological polar surface area (TPSA) is 94.0 Å². The number of primary amides is 1. The van der Waals surface area contributed by atoms with Gasteiger partial charge in [-0.2, -0.15) is 0 Å². The number of hydrogen-bond donors (Lipinski definition) is 3. The second kappa shape index (κ2) is 5.61. The summed E-state index contributed by atoms with van der Waals surface area (Å²) in [6.07, 6.45) is 0. The number of nitrogen functional groups attached to an aromatic ring is 1. The van der Waals surface area contributed by atoms with E-state index < -0.39 is 5.91 Å². The van der Waals surface area contributed by atoms with E-state index in [0.717, 1.165) is 5.56 Å². The number of nitrogens with one attached hydrogen (secondary N) is 1. The molecular weight excluding hydrogens is 252 g/mol. The van der Waals surface area contributed by atoms with E-state index in [4.69, 9.17) is 11.5 Å². The quantitative estimate of drug-likeness (QED) is 0.794. The van der Waals surface area contributed by atoms with Crippen molar-refractivity contribution in [2.75, 3.05) is 11.1 Å². The van der Waals surface area contributed by atoms with Crippen LogP contribution < -0.4 is 16.8 Å². The number of amides is 1. The maximum Gasteiger partial charge on any atom is 0.267 e. The third-order valence-electron chi connectivity index (χ3n) is 3.11. The number of pyridine rings is 1. The molecule has 5 nitrogen and oxygen atoms in total. The summed E-state index contributed by atoms with van der Waals surface area (Å²) in [5.74, 6) is -0.106. The SMILES string of the molecule is Cc1ccc(C(C)Nc2nc(C(N)=O)ccc2N)cc1. The Bertz CT molecular complexity index is 622. The lowest BCUT2D eigenvalue weighted by atomic mass is 10.1. The van der Waals surface area contributed by atoms with Crippen molar-refractivity contribution in [2.45, 2.75) is 19.9 Å². The van der Waals surface area contributed by atoms with E-state index in [1.54, 1.807) is 6.07 Å². The van der Waals surface area contributed by atoms with E-state index >= 15 is 0 Å². The summed E-state index contributed by atoms with van der Waals surface area (Å²) in [4.78, 5) is 15.3. The van der Waals surface area contributed by atoms with Crippen LogP contribution >= 0.6 is 0 Å². The van der Waals surface area contributed by atoms with Crippen molar-refractivity contribution in [2.24, 2.45) is 5.73 Å². The first-order valence-corrected chi connectivity index (χ1v) is 6.37. The van der Waals surface area contributed by atoms with E-state index in [9.17, 15) is 4.79 Å². The summed E-state index contributed by atoms with van der Waals surface area (Å²) in [5, 5.41) is 3.20. The van der Waals surface area contributed by atoms with Gasteiger partial charge in [0.25, 0.3) is 5.91 Å². The van der Waals surface area contributed by atoms with Crippen LogP contribution in [0.1, 0.15) is 34.6 Å². The maximum absolute atomic E-state index is 11.1. The lowest BCUT2D eigenvalue weighted by Gasteiger charge is -2.17. The van der Waals surface area contributed by atoms with E-state index in [-0.39, 0.29) is 11.7 Å². The summed E-state index contributed by atoms with van der Waals surface area (Å²) in [7, 11) is 0. The minimum Gasteiger partial charge on any atom is -0.396 e. The van der Waals surface area contributed by atoms with Gasteiger partial charge in [-0.15, -0.1) is 0 Å². The van der Waals surface area contributed by atoms with Gasteiger partial charge in [-0.3, -0.25) is 4.79 Å². The number of aromatic nitrogens is 1. The number of carbonyl (C=O) groups is 1. The highest BCUT2D eigenvalue weighted by Gasteiger charge is 2.11. The third kappa shape index (κ3) is 3.06. The van der Waals surface area contributed by atoms with E-state index in [0.29, 0.717) is 11.5 Å². The van der Waals surface area contributed by atoms with Crippen molar-refractivity contribution < 1.29 is 4.79 Å². The molecule has 0 bridgehead atoms. The molecule has 1 unspecified atom stereocenters. The Morgan fingerprint density at radius 2 is 1.85 bits per heavy atom. The van der Waals surface area contributed by atoms with Crippen molar-refractivity contribution in [3.63, 3.8) is 0 Å². The Labute approximate surface area is 118 Å². The van der Waals surface area contributed by atoms with Gasteiger partial charge in [0.2, 0.25) is 0 Å². The van der Waals surface area contributed by atoms with Crippen LogP contribution in [0.25, 0.3) is 0 Å². The molecule has 5 heteroatoms. The summed E-state index contributed by atoms with van der Waals surface area (Å²) < 4.78 is 0. The number of aryl methyl sites for hydroxylation is 1. The van der Waals surface area contributed by atoms with E-state index in [2.05, 4.69) is 10.3 Å². The predicted octanol–water partition coefficient (Wildman–Crippen LogP) is 2.24. The molecule has 2 rings (SSSR count). The zero-order valence-electron chi connectivity index (χ0n) is 11.6. The number of hydrogen-bond acceptors (Lipinski definition) is 4. The number of carbonyl (C=O) groups excluding carboxylic acids is 1. The Morgan fingerprint density at radius 3 is 2.45 bits per heavy atom. The highest BCUT2D eigenvalue weighted by Crippen LogP contribution is 2.22. The average Bonchev–Trinajstić information content (AvgIpc) is 2.41. The summed E-state index contributed by atoms with van der Waals surface area (Å²) in [5.41, 5.74) is 14.1. The molecule has 2 aromatic rings. The van der Waals surface area contributed by atoms with Crippen molar-refractivity contribution >= 4 is 17.4 Å². The molecule has 1 atom stereocenters. The second-order valence-corrected chi connectivity index (χ2v) is 4.78. The third-order valence-corrected chi connectivity index (χ3v) is 3.11. The van der Waals surface area contributed by atoms with Gasteiger partial charge in [0.05, 0.1) is 11.7 Å². The van der Waals surface area contributed by atoms with Crippen LogP contribution in [0.5, 0.6) is 0 Å².